The Morgan fingerprint density at radius 2 is 1.76 bits per heavy atom. The van der Waals surface area contributed by atoms with Gasteiger partial charge in [-0.05, 0) is 42.0 Å². The second-order valence-corrected chi connectivity index (χ2v) is 9.01. The van der Waals surface area contributed by atoms with Gasteiger partial charge in [-0.15, -0.1) is 0 Å². The quantitative estimate of drug-likeness (QED) is 0.624. The van der Waals surface area contributed by atoms with Crippen molar-refractivity contribution in [2.45, 2.75) is 16.5 Å². The van der Waals surface area contributed by atoms with Crippen molar-refractivity contribution in [3.63, 3.8) is 0 Å². The summed E-state index contributed by atoms with van der Waals surface area (Å²) in [6, 6.07) is 22.1. The molecule has 4 rings (SSSR count). The molecule has 0 radical (unpaired) electrons. The van der Waals surface area contributed by atoms with E-state index in [0.29, 0.717) is 12.1 Å². The van der Waals surface area contributed by atoms with E-state index in [4.69, 9.17) is 0 Å². The standard InChI is InChI=1S/C23H23N3OS2/c27-22(21-7-4-12-24-23(21)29-20-5-2-1-3-6-20)25-17-18-8-10-19(11-9-18)26-13-15-28-16-14-26/h1-12H,13-17H2,(H,25,27). The van der Waals surface area contributed by atoms with Gasteiger partial charge < -0.3 is 10.2 Å². The van der Waals surface area contributed by atoms with Gasteiger partial charge in [-0.25, -0.2) is 4.98 Å². The van der Waals surface area contributed by atoms with Crippen molar-refractivity contribution in [3.05, 3.63) is 84.1 Å². The number of hydrogen-bond acceptors (Lipinski definition) is 5. The summed E-state index contributed by atoms with van der Waals surface area (Å²) < 4.78 is 0. The van der Waals surface area contributed by atoms with E-state index in [1.54, 1.807) is 12.3 Å². The minimum Gasteiger partial charge on any atom is -0.370 e. The Labute approximate surface area is 180 Å². The van der Waals surface area contributed by atoms with Gasteiger partial charge in [-0.3, -0.25) is 4.79 Å². The van der Waals surface area contributed by atoms with E-state index in [-0.39, 0.29) is 5.91 Å². The highest BCUT2D eigenvalue weighted by Gasteiger charge is 2.14. The third-order valence-electron chi connectivity index (χ3n) is 4.74. The Morgan fingerprint density at radius 1 is 1.00 bits per heavy atom. The molecular weight excluding hydrogens is 398 g/mol. The molecule has 29 heavy (non-hydrogen) atoms. The number of carbonyl (C=O) groups is 1. The summed E-state index contributed by atoms with van der Waals surface area (Å²) in [6.07, 6.45) is 1.72. The van der Waals surface area contributed by atoms with Crippen LogP contribution in [0.25, 0.3) is 0 Å². The molecule has 6 heteroatoms. The van der Waals surface area contributed by atoms with Crippen LogP contribution in [0.3, 0.4) is 0 Å². The summed E-state index contributed by atoms with van der Waals surface area (Å²) >= 11 is 3.51. The molecule has 148 valence electrons. The summed E-state index contributed by atoms with van der Waals surface area (Å²) in [5, 5.41) is 3.75. The zero-order chi connectivity index (χ0) is 19.9. The van der Waals surface area contributed by atoms with Crippen molar-refractivity contribution in [1.29, 1.82) is 0 Å². The Balaban J connectivity index is 1.38. The van der Waals surface area contributed by atoms with Crippen molar-refractivity contribution >= 4 is 35.1 Å². The Bertz CT molecular complexity index is 942. The van der Waals surface area contributed by atoms with Crippen LogP contribution >= 0.6 is 23.5 Å². The first kappa shape index (κ1) is 19.9. The molecule has 1 N–H and O–H groups in total. The minimum absolute atomic E-state index is 0.103. The third kappa shape index (κ3) is 5.34. The van der Waals surface area contributed by atoms with Gasteiger partial charge in [-0.1, -0.05) is 42.1 Å². The number of rotatable bonds is 6. The number of benzene rings is 2. The number of nitrogens with zero attached hydrogens (tertiary/aromatic N) is 2. The molecule has 1 aromatic heterocycles. The van der Waals surface area contributed by atoms with Crippen LogP contribution in [0.1, 0.15) is 15.9 Å². The molecule has 0 atom stereocenters. The van der Waals surface area contributed by atoms with Gasteiger partial charge in [0.05, 0.1) is 5.56 Å². The number of thioether (sulfide) groups is 1. The highest BCUT2D eigenvalue weighted by molar-refractivity contribution is 7.99. The van der Waals surface area contributed by atoms with Gasteiger partial charge in [0.2, 0.25) is 0 Å². The average Bonchev–Trinajstić information content (AvgIpc) is 2.79. The number of aromatic nitrogens is 1. The normalized spacial score (nSPS) is 13.9. The lowest BCUT2D eigenvalue weighted by Gasteiger charge is -2.28. The van der Waals surface area contributed by atoms with Gasteiger partial charge in [0.15, 0.2) is 0 Å². The second kappa shape index (κ2) is 9.85. The lowest BCUT2D eigenvalue weighted by molar-refractivity contribution is 0.0947. The molecule has 0 unspecified atom stereocenters. The monoisotopic (exact) mass is 421 g/mol. The van der Waals surface area contributed by atoms with E-state index in [1.807, 2.05) is 48.2 Å². The van der Waals surface area contributed by atoms with Crippen LogP contribution in [0.2, 0.25) is 0 Å². The summed E-state index contributed by atoms with van der Waals surface area (Å²) in [5.74, 6) is 2.27. The van der Waals surface area contributed by atoms with Gasteiger partial charge in [-0.2, -0.15) is 11.8 Å². The maximum Gasteiger partial charge on any atom is 0.254 e. The van der Waals surface area contributed by atoms with Gasteiger partial charge in [0.25, 0.3) is 5.91 Å². The molecule has 0 spiro atoms. The molecule has 2 aromatic carbocycles. The van der Waals surface area contributed by atoms with Gasteiger partial charge in [0.1, 0.15) is 5.03 Å². The number of hydrogen-bond donors (Lipinski definition) is 1. The average molecular weight is 422 g/mol. The third-order valence-corrected chi connectivity index (χ3v) is 6.71. The SMILES string of the molecule is O=C(NCc1ccc(N2CCSCC2)cc1)c1cccnc1Sc1ccccc1. The van der Waals surface area contributed by atoms with Crippen LogP contribution in [0.4, 0.5) is 5.69 Å². The van der Waals surface area contributed by atoms with E-state index in [1.165, 1.54) is 29.0 Å². The topological polar surface area (TPSA) is 45.2 Å². The smallest absolute Gasteiger partial charge is 0.254 e. The van der Waals surface area contributed by atoms with Crippen LogP contribution in [0.5, 0.6) is 0 Å². The van der Waals surface area contributed by atoms with Crippen molar-refractivity contribution in [2.24, 2.45) is 0 Å². The Hall–Kier alpha value is -2.44. The van der Waals surface area contributed by atoms with Gasteiger partial charge in [0, 0.05) is 47.9 Å². The lowest BCUT2D eigenvalue weighted by Crippen LogP contribution is -2.32. The molecule has 1 amide bonds. The fraction of sp³-hybridized carbons (Fsp3) is 0.217. The largest absolute Gasteiger partial charge is 0.370 e. The van der Waals surface area contributed by atoms with E-state index in [9.17, 15) is 4.79 Å². The van der Waals surface area contributed by atoms with Crippen LogP contribution in [-0.2, 0) is 6.54 Å². The maximum atomic E-state index is 12.8. The van der Waals surface area contributed by atoms with Crippen LogP contribution in [0.15, 0.2) is 82.8 Å². The van der Waals surface area contributed by atoms with Crippen molar-refractivity contribution in [1.82, 2.24) is 10.3 Å². The molecule has 0 saturated carbocycles. The van der Waals surface area contributed by atoms with Crippen molar-refractivity contribution in [2.75, 3.05) is 29.5 Å². The first-order valence-corrected chi connectivity index (χ1v) is 11.6. The van der Waals surface area contributed by atoms with Gasteiger partial charge >= 0.3 is 0 Å². The van der Waals surface area contributed by atoms with Crippen LogP contribution in [-0.4, -0.2) is 35.5 Å². The molecule has 3 aromatic rings. The van der Waals surface area contributed by atoms with Crippen molar-refractivity contribution < 1.29 is 4.79 Å². The molecule has 1 aliphatic rings. The Morgan fingerprint density at radius 3 is 2.52 bits per heavy atom. The first-order valence-electron chi connectivity index (χ1n) is 9.67. The zero-order valence-electron chi connectivity index (χ0n) is 16.1. The number of pyridine rings is 1. The summed E-state index contributed by atoms with van der Waals surface area (Å²) in [4.78, 5) is 20.7. The zero-order valence-corrected chi connectivity index (χ0v) is 17.7. The van der Waals surface area contributed by atoms with Crippen LogP contribution in [0, 0.1) is 0 Å². The van der Waals surface area contributed by atoms with Crippen LogP contribution < -0.4 is 10.2 Å². The van der Waals surface area contributed by atoms with E-state index < -0.39 is 0 Å². The molecule has 0 aliphatic carbocycles. The fourth-order valence-electron chi connectivity index (χ4n) is 3.17. The predicted molar refractivity (Wildman–Crippen MR) is 122 cm³/mol. The number of amides is 1. The highest BCUT2D eigenvalue weighted by atomic mass is 32.2. The molecular formula is C23H23N3OS2. The maximum absolute atomic E-state index is 12.8. The molecule has 2 heterocycles. The number of nitrogens with one attached hydrogen (secondary N) is 1. The van der Waals surface area contributed by atoms with Crippen molar-refractivity contribution in [3.8, 4) is 0 Å². The van der Waals surface area contributed by atoms with E-state index >= 15 is 0 Å². The number of anilines is 1. The predicted octanol–water partition coefficient (Wildman–Crippen LogP) is 4.72. The highest BCUT2D eigenvalue weighted by Crippen LogP contribution is 2.28. The summed E-state index contributed by atoms with van der Waals surface area (Å²) in [7, 11) is 0. The minimum atomic E-state index is -0.103. The first-order chi connectivity index (χ1) is 14.3. The molecule has 1 saturated heterocycles. The fourth-order valence-corrected chi connectivity index (χ4v) is 4.97. The lowest BCUT2D eigenvalue weighted by atomic mass is 10.2. The number of carbonyl (C=O) groups excluding carboxylic acids is 1. The summed E-state index contributed by atoms with van der Waals surface area (Å²) in [5.41, 5.74) is 2.95. The van der Waals surface area contributed by atoms with E-state index in [2.05, 4.69) is 39.5 Å². The second-order valence-electron chi connectivity index (χ2n) is 6.72. The molecule has 1 aliphatic heterocycles. The summed E-state index contributed by atoms with van der Waals surface area (Å²) in [6.45, 7) is 2.70. The molecule has 4 nitrogen and oxygen atoms in total. The molecule has 0 bridgehead atoms. The molecule has 1 fully saturated rings. The van der Waals surface area contributed by atoms with E-state index in [0.717, 1.165) is 28.6 Å². The Kier molecular flexibility index (Phi) is 6.75.